The van der Waals surface area contributed by atoms with Crippen molar-refractivity contribution in [2.45, 2.75) is 79.1 Å². The minimum atomic E-state index is -6.77. The maximum absolute atomic E-state index is 15.0. The van der Waals surface area contributed by atoms with Crippen LogP contribution in [0.4, 0.5) is 0 Å². The number of carbonyl (C=O) groups excluding carboxylic acids is 4. The summed E-state index contributed by atoms with van der Waals surface area (Å²) in [7, 11) is 0. The van der Waals surface area contributed by atoms with Gasteiger partial charge in [0.15, 0.2) is 0 Å². The quantitative estimate of drug-likeness (QED) is 0.0353. The van der Waals surface area contributed by atoms with Gasteiger partial charge in [-0.3, -0.25) is 0 Å². The first-order valence-electron chi connectivity index (χ1n) is 29.3. The molecule has 9 heteroatoms. The minimum absolute atomic E-state index is 0.195. The van der Waals surface area contributed by atoms with Crippen molar-refractivity contribution in [2.75, 3.05) is 0 Å². The molecule has 432 valence electrons. The van der Waals surface area contributed by atoms with Gasteiger partial charge in [-0.1, -0.05) is 0 Å². The SMILES string of the molecule is CC(=CC(=O)[O][Sn]([O]C(=O)C=C(C)C(Cc1ccccc1)Cc1ccccc1)([O]C(=O)C=C(C)C(Cc1ccccc1)Cc1ccccc1)[O]C(=O)C=C(C)C(Cc1ccccc1)Cc1ccccc1)C(Cc1ccccc1)Cc1ccccc1. The molecule has 0 amide bonds. The van der Waals surface area contributed by atoms with Crippen LogP contribution in [0.5, 0.6) is 0 Å². The summed E-state index contributed by atoms with van der Waals surface area (Å²) in [6.07, 6.45) is 10.0. The number of rotatable bonds is 28. The first kappa shape index (κ1) is 62.4. The monoisotopic (exact) mass is 1240 g/mol. The van der Waals surface area contributed by atoms with E-state index in [1.165, 1.54) is 24.3 Å². The van der Waals surface area contributed by atoms with Gasteiger partial charge in [0, 0.05) is 0 Å². The summed E-state index contributed by atoms with van der Waals surface area (Å²) in [5.74, 6) is -4.73. The predicted molar refractivity (Wildman–Crippen MR) is 340 cm³/mol. The Labute approximate surface area is 508 Å². The molecule has 0 aliphatic carbocycles. The predicted octanol–water partition coefficient (Wildman–Crippen LogP) is 15.8. The zero-order valence-electron chi connectivity index (χ0n) is 49.1. The van der Waals surface area contributed by atoms with E-state index in [-0.39, 0.29) is 23.7 Å². The van der Waals surface area contributed by atoms with E-state index in [4.69, 9.17) is 12.3 Å². The topological polar surface area (TPSA) is 105 Å². The molecule has 8 nitrogen and oxygen atoms in total. The molecular weight excluding hydrogens is 1160 g/mol. The Kier molecular flexibility index (Phi) is 23.8. The average Bonchev–Trinajstić information content (AvgIpc) is 3.58. The van der Waals surface area contributed by atoms with E-state index < -0.39 is 43.9 Å². The van der Waals surface area contributed by atoms with E-state index in [0.717, 1.165) is 44.5 Å². The van der Waals surface area contributed by atoms with Crippen LogP contribution in [-0.2, 0) is 82.8 Å². The molecule has 0 bridgehead atoms. The van der Waals surface area contributed by atoms with Gasteiger partial charge in [-0.2, -0.15) is 0 Å². The van der Waals surface area contributed by atoms with Crippen molar-refractivity contribution >= 4 is 43.9 Å². The molecule has 8 aromatic rings. The van der Waals surface area contributed by atoms with Gasteiger partial charge in [-0.15, -0.1) is 0 Å². The fourth-order valence-electron chi connectivity index (χ4n) is 10.7. The molecule has 0 aromatic heterocycles. The van der Waals surface area contributed by atoms with Crippen molar-refractivity contribution in [3.8, 4) is 0 Å². The number of hydrogen-bond donors (Lipinski definition) is 0. The molecule has 0 heterocycles. The zero-order valence-corrected chi connectivity index (χ0v) is 52.0. The zero-order chi connectivity index (χ0) is 59.6. The second-order valence-electron chi connectivity index (χ2n) is 22.0. The van der Waals surface area contributed by atoms with Crippen LogP contribution >= 0.6 is 0 Å². The third-order valence-corrected chi connectivity index (χ3v) is 20.6. The summed E-state index contributed by atoms with van der Waals surface area (Å²) in [6, 6.07) is 80.1. The van der Waals surface area contributed by atoms with Crippen molar-refractivity contribution in [1.82, 2.24) is 0 Å². The first-order chi connectivity index (χ1) is 41.3. The summed E-state index contributed by atoms with van der Waals surface area (Å²) < 4.78 is 25.4. The van der Waals surface area contributed by atoms with Crippen LogP contribution in [0, 0.1) is 23.7 Å². The van der Waals surface area contributed by atoms with Gasteiger partial charge in [-0.25, -0.2) is 0 Å². The molecule has 0 unspecified atom stereocenters. The fraction of sp³-hybridized carbons (Fsp3) is 0.211. The van der Waals surface area contributed by atoms with Gasteiger partial charge < -0.3 is 0 Å². The Morgan fingerprint density at radius 2 is 0.388 bits per heavy atom. The van der Waals surface area contributed by atoms with E-state index in [1.807, 2.05) is 270 Å². The first-order valence-corrected chi connectivity index (χ1v) is 34.0. The Balaban J connectivity index is 1.22. The second-order valence-corrected chi connectivity index (χ2v) is 27.2. The third-order valence-electron chi connectivity index (χ3n) is 15.5. The maximum atomic E-state index is 15.0. The summed E-state index contributed by atoms with van der Waals surface area (Å²) in [6.45, 7) is 7.40. The molecule has 0 saturated carbocycles. The fourth-order valence-corrected chi connectivity index (χ4v) is 14.9. The Bertz CT molecular complexity index is 2860. The molecule has 0 saturated heterocycles. The van der Waals surface area contributed by atoms with Crippen molar-refractivity contribution in [2.24, 2.45) is 23.7 Å². The molecule has 0 aliphatic rings. The van der Waals surface area contributed by atoms with E-state index in [0.29, 0.717) is 73.7 Å². The van der Waals surface area contributed by atoms with Gasteiger partial charge >= 0.3 is 512 Å². The normalized spacial score (nSPS) is 12.9. The van der Waals surface area contributed by atoms with Crippen LogP contribution in [0.2, 0.25) is 0 Å². The van der Waals surface area contributed by atoms with Crippen LogP contribution in [0.15, 0.2) is 289 Å². The van der Waals surface area contributed by atoms with Gasteiger partial charge in [0.2, 0.25) is 0 Å². The Morgan fingerprint density at radius 3 is 0.518 bits per heavy atom. The van der Waals surface area contributed by atoms with E-state index in [1.54, 1.807) is 0 Å². The molecule has 0 aliphatic heterocycles. The van der Waals surface area contributed by atoms with Crippen molar-refractivity contribution in [1.29, 1.82) is 0 Å². The molecule has 0 radical (unpaired) electrons. The molecule has 8 rings (SSSR count). The van der Waals surface area contributed by atoms with Crippen LogP contribution < -0.4 is 0 Å². The summed E-state index contributed by atoms with van der Waals surface area (Å²) in [5, 5.41) is 0. The van der Waals surface area contributed by atoms with Gasteiger partial charge in [0.05, 0.1) is 0 Å². The number of allylic oxidation sites excluding steroid dienone is 4. The number of hydrogen-bond acceptors (Lipinski definition) is 8. The molecule has 85 heavy (non-hydrogen) atoms. The standard InChI is InChI=1S/4C19H20O2.Sn/c4*1-15(12-19(20)21)18(13-16-8-4-2-5-9-16)14-17-10-6-3-7-11-17;/h4*2-12,18H,13-14H2,1H3,(H,20,21);/q;;;;+4/p-4. The summed E-state index contributed by atoms with van der Waals surface area (Å²) in [4.78, 5) is 59.9. The molecule has 0 spiro atoms. The third kappa shape index (κ3) is 20.9. The molecule has 0 atom stereocenters. The van der Waals surface area contributed by atoms with Gasteiger partial charge in [0.25, 0.3) is 0 Å². The van der Waals surface area contributed by atoms with Crippen LogP contribution in [0.25, 0.3) is 0 Å². The van der Waals surface area contributed by atoms with Crippen LogP contribution in [0.1, 0.15) is 72.2 Å². The molecule has 8 aromatic carbocycles. The van der Waals surface area contributed by atoms with Crippen molar-refractivity contribution < 1.29 is 31.5 Å². The van der Waals surface area contributed by atoms with Gasteiger partial charge in [0.1, 0.15) is 0 Å². The summed E-state index contributed by atoms with van der Waals surface area (Å²) >= 11 is -6.77. The number of benzene rings is 8. The van der Waals surface area contributed by atoms with Crippen molar-refractivity contribution in [3.63, 3.8) is 0 Å². The number of carbonyl (C=O) groups is 4. The van der Waals surface area contributed by atoms with Gasteiger partial charge in [-0.05, 0) is 0 Å². The Morgan fingerprint density at radius 1 is 0.259 bits per heavy atom. The van der Waals surface area contributed by atoms with Crippen LogP contribution in [0.3, 0.4) is 0 Å². The second kappa shape index (κ2) is 32.5. The molecule has 0 fully saturated rings. The summed E-state index contributed by atoms with van der Waals surface area (Å²) in [5.41, 5.74) is 11.1. The van der Waals surface area contributed by atoms with E-state index >= 15 is 0 Å². The Hall–Kier alpha value is -8.60. The van der Waals surface area contributed by atoms with E-state index in [9.17, 15) is 19.2 Å². The van der Waals surface area contributed by atoms with Crippen molar-refractivity contribution in [3.05, 3.63) is 334 Å². The molecule has 0 N–H and O–H groups in total. The van der Waals surface area contributed by atoms with E-state index in [2.05, 4.69) is 0 Å². The van der Waals surface area contributed by atoms with Crippen LogP contribution in [-0.4, -0.2) is 43.9 Å². The average molecular weight is 1240 g/mol. The molecular formula is C76H76O8Sn.